The van der Waals surface area contributed by atoms with Crippen molar-refractivity contribution in [2.24, 2.45) is 7.05 Å². The van der Waals surface area contributed by atoms with Crippen molar-refractivity contribution >= 4 is 45.2 Å². The highest BCUT2D eigenvalue weighted by molar-refractivity contribution is 6.10. The van der Waals surface area contributed by atoms with Gasteiger partial charge in [0.05, 0.1) is 5.56 Å². The van der Waals surface area contributed by atoms with Gasteiger partial charge in [-0.1, -0.05) is 6.07 Å². The number of benzene rings is 3. The predicted octanol–water partition coefficient (Wildman–Crippen LogP) is 5.43. The summed E-state index contributed by atoms with van der Waals surface area (Å²) >= 11 is 0. The van der Waals surface area contributed by atoms with Crippen molar-refractivity contribution in [3.8, 4) is 17.1 Å². The summed E-state index contributed by atoms with van der Waals surface area (Å²) in [7, 11) is 1.75. The van der Waals surface area contributed by atoms with Crippen LogP contribution in [0.25, 0.3) is 39.0 Å². The minimum atomic E-state index is -0.660. The van der Waals surface area contributed by atoms with Crippen LogP contribution in [0.2, 0.25) is 0 Å². The molecule has 1 amide bonds. The van der Waals surface area contributed by atoms with Gasteiger partial charge in [-0.3, -0.25) is 19.2 Å². The average molecular weight is 731 g/mol. The van der Waals surface area contributed by atoms with Crippen LogP contribution >= 0.6 is 0 Å². The second-order valence-electron chi connectivity index (χ2n) is 13.5. The van der Waals surface area contributed by atoms with Crippen molar-refractivity contribution in [3.05, 3.63) is 124 Å². The number of aryl methyl sites for hydroxylation is 1. The summed E-state index contributed by atoms with van der Waals surface area (Å²) in [5.74, 6) is -1.44. The molecule has 2 aliphatic rings. The second kappa shape index (κ2) is 13.2. The van der Waals surface area contributed by atoms with Crippen LogP contribution in [0.1, 0.15) is 21.5 Å². The van der Waals surface area contributed by atoms with E-state index in [4.69, 9.17) is 0 Å². The Hall–Kier alpha value is -6.48. The Bertz CT molecular complexity index is 2620. The van der Waals surface area contributed by atoms with Crippen molar-refractivity contribution < 1.29 is 18.0 Å². The van der Waals surface area contributed by atoms with Gasteiger partial charge in [-0.05, 0) is 72.6 Å². The van der Waals surface area contributed by atoms with E-state index in [1.807, 2.05) is 35.2 Å². The molecule has 12 nitrogen and oxygen atoms in total. The van der Waals surface area contributed by atoms with Crippen LogP contribution in [0.3, 0.4) is 0 Å². The van der Waals surface area contributed by atoms with E-state index in [9.17, 15) is 14.0 Å². The van der Waals surface area contributed by atoms with Gasteiger partial charge in [0.2, 0.25) is 5.95 Å². The van der Waals surface area contributed by atoms with Crippen molar-refractivity contribution in [1.82, 2.24) is 39.5 Å². The quantitative estimate of drug-likeness (QED) is 0.198. The molecule has 54 heavy (non-hydrogen) atoms. The largest absolute Gasteiger partial charge is 0.369 e. The first-order valence-electron chi connectivity index (χ1n) is 17.5. The minimum absolute atomic E-state index is 0.0121. The van der Waals surface area contributed by atoms with Gasteiger partial charge in [-0.25, -0.2) is 23.1 Å². The fourth-order valence-electron chi connectivity index (χ4n) is 7.52. The number of pyridine rings is 1. The second-order valence-corrected chi connectivity index (χ2v) is 13.5. The lowest BCUT2D eigenvalue weighted by molar-refractivity contribution is 0.0956. The maximum atomic E-state index is 15.6. The molecule has 2 aliphatic heterocycles. The Morgan fingerprint density at radius 3 is 2.43 bits per heavy atom. The molecular weight excluding hydrogens is 697 g/mol. The fourth-order valence-corrected chi connectivity index (χ4v) is 7.52. The molecule has 6 heterocycles. The van der Waals surface area contributed by atoms with Crippen LogP contribution < -0.4 is 21.1 Å². The fraction of sp³-hybridized carbons (Fsp3) is 0.205. The highest BCUT2D eigenvalue weighted by Gasteiger charge is 2.26. The number of piperazine rings is 1. The van der Waals surface area contributed by atoms with Gasteiger partial charge >= 0.3 is 0 Å². The minimum Gasteiger partial charge on any atom is -0.369 e. The number of hydrogen-bond donors (Lipinski definition) is 3. The summed E-state index contributed by atoms with van der Waals surface area (Å²) in [4.78, 5) is 46.2. The number of nitrogens with one attached hydrogen (secondary N) is 3. The van der Waals surface area contributed by atoms with Crippen LogP contribution in [0.5, 0.6) is 0 Å². The van der Waals surface area contributed by atoms with Gasteiger partial charge in [0.15, 0.2) is 11.5 Å². The molecule has 0 atom stereocenters. The molecule has 3 aromatic carbocycles. The molecule has 0 bridgehead atoms. The van der Waals surface area contributed by atoms with E-state index in [0.717, 1.165) is 16.9 Å². The number of H-pyrrole nitrogens is 1. The molecule has 0 radical (unpaired) electrons. The van der Waals surface area contributed by atoms with E-state index in [0.29, 0.717) is 84.1 Å². The molecule has 4 aromatic heterocycles. The number of hydrogen-bond acceptors (Lipinski definition) is 8. The molecule has 0 aliphatic carbocycles. The summed E-state index contributed by atoms with van der Waals surface area (Å²) in [5, 5.41) is 6.93. The number of carbonyl (C=O) groups is 1. The van der Waals surface area contributed by atoms with Gasteiger partial charge in [0.1, 0.15) is 22.8 Å². The van der Waals surface area contributed by atoms with Crippen LogP contribution in [-0.4, -0.2) is 72.8 Å². The monoisotopic (exact) mass is 730 g/mol. The number of fused-ring (bicyclic) bond motifs is 1. The number of anilines is 3. The Morgan fingerprint density at radius 2 is 1.69 bits per heavy atom. The van der Waals surface area contributed by atoms with Gasteiger partial charge in [0.25, 0.3) is 11.5 Å². The lowest BCUT2D eigenvalue weighted by Crippen LogP contribution is -2.46. The molecule has 3 N–H and O–H groups in total. The van der Waals surface area contributed by atoms with E-state index in [1.54, 1.807) is 30.1 Å². The van der Waals surface area contributed by atoms with E-state index in [1.165, 1.54) is 35.1 Å². The SMILES string of the molecule is Cn1c2nc(Nc3ccc(N4CCN(Cc5c(F)cc(-c6[nH]c7cc(F)cc8c7c6CCNC8=O)cc5F)CC4)cc3)ncc2c(=O)n1-c1ccccn1. The van der Waals surface area contributed by atoms with E-state index in [-0.39, 0.29) is 29.1 Å². The number of halogens is 3. The first-order valence-corrected chi connectivity index (χ1v) is 17.5. The zero-order valence-electron chi connectivity index (χ0n) is 29.0. The first-order chi connectivity index (χ1) is 26.2. The summed E-state index contributed by atoms with van der Waals surface area (Å²) < 4.78 is 48.7. The summed E-state index contributed by atoms with van der Waals surface area (Å²) in [6.45, 7) is 2.98. The zero-order chi connectivity index (χ0) is 37.1. The normalized spacial score (nSPS) is 14.8. The smallest absolute Gasteiger partial charge is 0.283 e. The summed E-state index contributed by atoms with van der Waals surface area (Å²) in [6.07, 6.45) is 3.57. The van der Waals surface area contributed by atoms with Crippen molar-refractivity contribution in [1.29, 1.82) is 0 Å². The van der Waals surface area contributed by atoms with E-state index >= 15 is 8.78 Å². The topological polar surface area (TPSA) is 129 Å². The van der Waals surface area contributed by atoms with Gasteiger partial charge < -0.3 is 20.5 Å². The molecule has 9 rings (SSSR count). The maximum absolute atomic E-state index is 15.6. The third-order valence-electron chi connectivity index (χ3n) is 10.2. The number of carbonyl (C=O) groups excluding carboxylic acids is 1. The highest BCUT2D eigenvalue weighted by Crippen LogP contribution is 2.36. The summed E-state index contributed by atoms with van der Waals surface area (Å²) in [5.41, 5.74) is 4.10. The third-order valence-corrected chi connectivity index (χ3v) is 10.2. The van der Waals surface area contributed by atoms with Crippen molar-refractivity contribution in [3.63, 3.8) is 0 Å². The highest BCUT2D eigenvalue weighted by atomic mass is 19.1. The maximum Gasteiger partial charge on any atom is 0.283 e. The molecule has 7 aromatic rings. The Labute approximate surface area is 305 Å². The molecular formula is C39H33F3N10O2. The molecule has 0 unspecified atom stereocenters. The number of aromatic nitrogens is 6. The van der Waals surface area contributed by atoms with Crippen LogP contribution in [-0.2, 0) is 20.0 Å². The lowest BCUT2D eigenvalue weighted by atomic mass is 9.99. The molecule has 0 spiro atoms. The predicted molar refractivity (Wildman–Crippen MR) is 199 cm³/mol. The molecule has 1 saturated heterocycles. The Kier molecular flexibility index (Phi) is 8.14. The molecule has 1 fully saturated rings. The van der Waals surface area contributed by atoms with Crippen LogP contribution in [0.4, 0.5) is 30.5 Å². The number of aromatic amines is 1. The first kappa shape index (κ1) is 33.4. The molecule has 0 saturated carbocycles. The van der Waals surface area contributed by atoms with Crippen molar-refractivity contribution in [2.45, 2.75) is 13.0 Å². The molecule has 272 valence electrons. The summed E-state index contributed by atoms with van der Waals surface area (Å²) in [6, 6.07) is 18.3. The van der Waals surface area contributed by atoms with E-state index in [2.05, 4.69) is 35.5 Å². The third kappa shape index (κ3) is 5.82. The average Bonchev–Trinajstić information content (AvgIpc) is 3.59. The zero-order valence-corrected chi connectivity index (χ0v) is 29.0. The van der Waals surface area contributed by atoms with Gasteiger partial charge in [-0.2, -0.15) is 9.67 Å². The van der Waals surface area contributed by atoms with E-state index < -0.39 is 17.5 Å². The van der Waals surface area contributed by atoms with Gasteiger partial charge in [-0.15, -0.1) is 0 Å². The number of nitrogens with zero attached hydrogens (tertiary/aromatic N) is 7. The van der Waals surface area contributed by atoms with Gasteiger partial charge in [0, 0.05) is 97.8 Å². The Balaban J connectivity index is 0.858. The lowest BCUT2D eigenvalue weighted by Gasteiger charge is -2.36. The van der Waals surface area contributed by atoms with Crippen LogP contribution in [0, 0.1) is 17.5 Å². The number of rotatable bonds is 7. The standard InChI is InChI=1S/C39H33F3N10O2/c1-49-36-28(38(54)52(49)33-4-2-3-10-43-33)20-45-39(48-36)46-24-5-7-25(8-6-24)51-14-12-50(13-15-51)21-29-30(41)16-22(17-31(29)42)35-26-9-11-44-37(53)27-18-23(40)19-32(47-35)34(26)27/h2-8,10,16-20,47H,9,11-15,21H2,1H3,(H,44,53)(H,45,46,48). The van der Waals surface area contributed by atoms with Crippen molar-refractivity contribution in [2.75, 3.05) is 42.9 Å². The van der Waals surface area contributed by atoms with Crippen LogP contribution in [0.15, 0.2) is 83.9 Å². The molecule has 15 heteroatoms. The number of amides is 1. The Morgan fingerprint density at radius 1 is 0.907 bits per heavy atom.